The Labute approximate surface area is 93.1 Å². The van der Waals surface area contributed by atoms with Crippen molar-refractivity contribution in [1.82, 2.24) is 9.62 Å². The van der Waals surface area contributed by atoms with Gasteiger partial charge in [0.15, 0.2) is 0 Å². The van der Waals surface area contributed by atoms with E-state index < -0.39 is 10.0 Å². The number of nitrogens with zero attached hydrogens (tertiary/aromatic N) is 1. The molecule has 0 aromatic carbocycles. The third-order valence-electron chi connectivity index (χ3n) is 2.61. The van der Waals surface area contributed by atoms with Gasteiger partial charge in [-0.25, -0.2) is 8.42 Å². The average Bonchev–Trinajstić information content (AvgIpc) is 2.06. The Morgan fingerprint density at radius 2 is 2.00 bits per heavy atom. The first-order chi connectivity index (χ1) is 6.83. The van der Waals surface area contributed by atoms with E-state index in [0.717, 1.165) is 6.54 Å². The molecule has 0 saturated carbocycles. The molecule has 90 valence electrons. The minimum atomic E-state index is -3.07. The van der Waals surface area contributed by atoms with Crippen molar-refractivity contribution in [3.8, 4) is 0 Å². The SMILES string of the molecule is CC(C)CS(=O)(=O)N1CC(C)NCC1C. The molecule has 0 spiro atoms. The monoisotopic (exact) mass is 234 g/mol. The second-order valence-electron chi connectivity index (χ2n) is 4.90. The van der Waals surface area contributed by atoms with Crippen LogP contribution >= 0.6 is 0 Å². The van der Waals surface area contributed by atoms with Gasteiger partial charge < -0.3 is 5.32 Å². The second kappa shape index (κ2) is 4.80. The van der Waals surface area contributed by atoms with Gasteiger partial charge in [0.1, 0.15) is 0 Å². The molecule has 1 rings (SSSR count). The lowest BCUT2D eigenvalue weighted by molar-refractivity contribution is 0.244. The molecule has 1 heterocycles. The number of hydrogen-bond acceptors (Lipinski definition) is 3. The first-order valence-electron chi connectivity index (χ1n) is 5.56. The summed E-state index contributed by atoms with van der Waals surface area (Å²) in [5.41, 5.74) is 0. The molecule has 0 amide bonds. The Morgan fingerprint density at radius 1 is 1.40 bits per heavy atom. The average molecular weight is 234 g/mol. The van der Waals surface area contributed by atoms with Crippen LogP contribution in [0.1, 0.15) is 27.7 Å². The van der Waals surface area contributed by atoms with Gasteiger partial charge in [0.25, 0.3) is 0 Å². The van der Waals surface area contributed by atoms with Crippen molar-refractivity contribution >= 4 is 10.0 Å². The van der Waals surface area contributed by atoms with Crippen LogP contribution in [0, 0.1) is 5.92 Å². The van der Waals surface area contributed by atoms with Crippen LogP contribution in [0.25, 0.3) is 0 Å². The molecular weight excluding hydrogens is 212 g/mol. The molecule has 2 unspecified atom stereocenters. The Morgan fingerprint density at radius 3 is 2.53 bits per heavy atom. The van der Waals surface area contributed by atoms with Crippen LogP contribution in [0.2, 0.25) is 0 Å². The largest absolute Gasteiger partial charge is 0.311 e. The van der Waals surface area contributed by atoms with Crippen LogP contribution in [0.15, 0.2) is 0 Å². The van der Waals surface area contributed by atoms with E-state index in [9.17, 15) is 8.42 Å². The highest BCUT2D eigenvalue weighted by atomic mass is 32.2. The molecule has 15 heavy (non-hydrogen) atoms. The van der Waals surface area contributed by atoms with E-state index in [1.807, 2.05) is 27.7 Å². The van der Waals surface area contributed by atoms with Crippen LogP contribution < -0.4 is 5.32 Å². The van der Waals surface area contributed by atoms with Crippen LogP contribution in [-0.4, -0.2) is 43.6 Å². The molecule has 4 nitrogen and oxygen atoms in total. The predicted molar refractivity (Wildman–Crippen MR) is 62.3 cm³/mol. The highest BCUT2D eigenvalue weighted by Gasteiger charge is 2.32. The highest BCUT2D eigenvalue weighted by Crippen LogP contribution is 2.14. The Hall–Kier alpha value is -0.130. The molecule has 5 heteroatoms. The van der Waals surface area contributed by atoms with Crippen LogP contribution in [0.4, 0.5) is 0 Å². The van der Waals surface area contributed by atoms with Crippen LogP contribution in [0.5, 0.6) is 0 Å². The maximum atomic E-state index is 12.1. The fourth-order valence-electron chi connectivity index (χ4n) is 1.89. The molecule has 1 N–H and O–H groups in total. The quantitative estimate of drug-likeness (QED) is 0.780. The number of hydrogen-bond donors (Lipinski definition) is 1. The van der Waals surface area contributed by atoms with Gasteiger partial charge in [-0.15, -0.1) is 0 Å². The summed E-state index contributed by atoms with van der Waals surface area (Å²) in [5.74, 6) is 0.441. The summed E-state index contributed by atoms with van der Waals surface area (Å²) in [6.45, 7) is 9.19. The predicted octanol–water partition coefficient (Wildman–Crippen LogP) is 0.654. The first kappa shape index (κ1) is 12.9. The highest BCUT2D eigenvalue weighted by molar-refractivity contribution is 7.89. The third kappa shape index (κ3) is 3.43. The summed E-state index contributed by atoms with van der Waals surface area (Å²) in [6.07, 6.45) is 0. The zero-order valence-corrected chi connectivity index (χ0v) is 10.8. The van der Waals surface area contributed by atoms with Gasteiger partial charge in [-0.1, -0.05) is 13.8 Å². The molecule has 2 atom stereocenters. The van der Waals surface area contributed by atoms with Crippen molar-refractivity contribution in [2.24, 2.45) is 5.92 Å². The van der Waals surface area contributed by atoms with Crippen molar-refractivity contribution in [3.05, 3.63) is 0 Å². The van der Waals surface area contributed by atoms with E-state index in [2.05, 4.69) is 5.32 Å². The van der Waals surface area contributed by atoms with E-state index >= 15 is 0 Å². The number of nitrogens with one attached hydrogen (secondary N) is 1. The van der Waals surface area contributed by atoms with Gasteiger partial charge in [0.05, 0.1) is 5.75 Å². The summed E-state index contributed by atoms with van der Waals surface area (Å²) < 4.78 is 25.7. The summed E-state index contributed by atoms with van der Waals surface area (Å²) in [7, 11) is -3.07. The zero-order chi connectivity index (χ0) is 11.6. The Balaban J connectivity index is 2.76. The maximum Gasteiger partial charge on any atom is 0.214 e. The normalized spacial score (nSPS) is 29.7. The lowest BCUT2D eigenvalue weighted by Gasteiger charge is -2.36. The first-order valence-corrected chi connectivity index (χ1v) is 7.16. The molecule has 1 fully saturated rings. The smallest absolute Gasteiger partial charge is 0.214 e. The van der Waals surface area contributed by atoms with E-state index in [1.165, 1.54) is 0 Å². The van der Waals surface area contributed by atoms with Crippen molar-refractivity contribution < 1.29 is 8.42 Å². The van der Waals surface area contributed by atoms with Gasteiger partial charge in [-0.05, 0) is 19.8 Å². The Bertz CT molecular complexity index is 301. The topological polar surface area (TPSA) is 49.4 Å². The fraction of sp³-hybridized carbons (Fsp3) is 1.00. The number of piperazine rings is 1. The number of rotatable bonds is 3. The van der Waals surface area contributed by atoms with Crippen LogP contribution in [-0.2, 0) is 10.0 Å². The maximum absolute atomic E-state index is 12.1. The van der Waals surface area contributed by atoms with E-state index in [-0.39, 0.29) is 23.8 Å². The molecule has 0 aromatic heterocycles. The van der Waals surface area contributed by atoms with Crippen molar-refractivity contribution in [1.29, 1.82) is 0 Å². The lowest BCUT2D eigenvalue weighted by Crippen LogP contribution is -2.56. The zero-order valence-electron chi connectivity index (χ0n) is 10.0. The van der Waals surface area contributed by atoms with E-state index in [4.69, 9.17) is 0 Å². The second-order valence-corrected chi connectivity index (χ2v) is 6.87. The summed E-state index contributed by atoms with van der Waals surface area (Å²) in [5, 5.41) is 3.28. The van der Waals surface area contributed by atoms with Gasteiger partial charge in [-0.3, -0.25) is 0 Å². The minimum Gasteiger partial charge on any atom is -0.311 e. The van der Waals surface area contributed by atoms with Gasteiger partial charge in [-0.2, -0.15) is 4.31 Å². The summed E-state index contributed by atoms with van der Waals surface area (Å²) >= 11 is 0. The Kier molecular flexibility index (Phi) is 4.14. The summed E-state index contributed by atoms with van der Waals surface area (Å²) in [4.78, 5) is 0. The molecular formula is C10H22N2O2S. The van der Waals surface area contributed by atoms with Gasteiger partial charge in [0.2, 0.25) is 10.0 Å². The molecule has 1 aliphatic heterocycles. The van der Waals surface area contributed by atoms with Crippen LogP contribution in [0.3, 0.4) is 0 Å². The van der Waals surface area contributed by atoms with Crippen molar-refractivity contribution in [2.45, 2.75) is 39.8 Å². The van der Waals surface area contributed by atoms with Gasteiger partial charge >= 0.3 is 0 Å². The minimum absolute atomic E-state index is 0.0740. The lowest BCUT2D eigenvalue weighted by atomic mass is 10.2. The fourth-order valence-corrected chi connectivity index (χ4v) is 4.00. The van der Waals surface area contributed by atoms with Gasteiger partial charge in [0, 0.05) is 25.2 Å². The molecule has 0 radical (unpaired) electrons. The standard InChI is InChI=1S/C10H22N2O2S/c1-8(2)7-15(13,14)12-6-9(3)11-5-10(12)4/h8-11H,5-7H2,1-4H3. The third-order valence-corrected chi connectivity index (χ3v) is 4.92. The summed E-state index contributed by atoms with van der Waals surface area (Å²) in [6, 6.07) is 0.327. The number of sulfonamides is 1. The van der Waals surface area contributed by atoms with E-state index in [0.29, 0.717) is 6.54 Å². The van der Waals surface area contributed by atoms with Crippen molar-refractivity contribution in [3.63, 3.8) is 0 Å². The molecule has 0 aliphatic carbocycles. The molecule has 0 bridgehead atoms. The van der Waals surface area contributed by atoms with E-state index in [1.54, 1.807) is 4.31 Å². The molecule has 1 aliphatic rings. The molecule has 1 saturated heterocycles. The van der Waals surface area contributed by atoms with Crippen molar-refractivity contribution in [2.75, 3.05) is 18.8 Å². The molecule has 0 aromatic rings.